The number of benzene rings is 1. The summed E-state index contributed by atoms with van der Waals surface area (Å²) in [6.45, 7) is 20.5. The van der Waals surface area contributed by atoms with E-state index in [-0.39, 0.29) is 36.6 Å². The Morgan fingerprint density at radius 3 is 2.14 bits per heavy atom. The van der Waals surface area contributed by atoms with Crippen molar-refractivity contribution >= 4 is 26.3 Å². The smallest absolute Gasteiger partial charge is 0.407 e. The molecule has 0 saturated heterocycles. The van der Waals surface area contributed by atoms with Gasteiger partial charge in [-0.25, -0.2) is 4.79 Å². The number of esters is 1. The van der Waals surface area contributed by atoms with Gasteiger partial charge in [0.1, 0.15) is 18.8 Å². The number of hydrogen-bond donors (Lipinski definition) is 1. The van der Waals surface area contributed by atoms with E-state index in [9.17, 15) is 14.4 Å². The van der Waals surface area contributed by atoms with Crippen LogP contribution in [0.15, 0.2) is 30.3 Å². The Kier molecular flexibility index (Phi) is 14.4. The summed E-state index contributed by atoms with van der Waals surface area (Å²) in [4.78, 5) is 41.6. The maximum atomic E-state index is 13.6. The molecule has 1 saturated carbocycles. The molecule has 9 heteroatoms. The lowest BCUT2D eigenvalue weighted by atomic mass is 9.83. The molecule has 0 heterocycles. The standard InChI is InChI=1S/C35H60N2O6Si/c1-26(2)21-31(38)37(24-32(39)41-25-28-19-15-12-16-20-28)23-30(43-44(9,10)35(6,7)8)29(22-27-17-13-11-14-18-27)36-33(40)42-34(3,4)5/h12,15-16,19-20,26-27,29-30H,11,13-14,17-18,21-25H2,1-10H3,(H,36,40)/t29-,30+/m0/s1. The lowest BCUT2D eigenvalue weighted by Gasteiger charge is -2.43. The zero-order valence-corrected chi connectivity index (χ0v) is 30.2. The molecule has 1 fully saturated rings. The first-order valence-corrected chi connectivity index (χ1v) is 19.4. The Morgan fingerprint density at radius 1 is 0.977 bits per heavy atom. The first-order valence-electron chi connectivity index (χ1n) is 16.5. The molecule has 1 aliphatic carbocycles. The molecule has 2 atom stereocenters. The second-order valence-electron chi connectivity index (χ2n) is 15.4. The molecule has 0 unspecified atom stereocenters. The third-order valence-corrected chi connectivity index (χ3v) is 13.1. The van der Waals surface area contributed by atoms with Gasteiger partial charge in [-0.2, -0.15) is 0 Å². The van der Waals surface area contributed by atoms with Crippen LogP contribution in [0.1, 0.15) is 106 Å². The Hall–Kier alpha value is -2.39. The average molecular weight is 633 g/mol. The molecule has 0 radical (unpaired) electrons. The van der Waals surface area contributed by atoms with Gasteiger partial charge in [-0.05, 0) is 62.7 Å². The van der Waals surface area contributed by atoms with E-state index in [0.29, 0.717) is 12.3 Å². The lowest BCUT2D eigenvalue weighted by molar-refractivity contribution is -0.151. The Labute approximate surface area is 268 Å². The molecule has 2 amide bonds. The summed E-state index contributed by atoms with van der Waals surface area (Å²) in [6.07, 6.45) is 5.77. The predicted octanol–water partition coefficient (Wildman–Crippen LogP) is 7.86. The van der Waals surface area contributed by atoms with Crippen LogP contribution >= 0.6 is 0 Å². The van der Waals surface area contributed by atoms with Crippen molar-refractivity contribution < 1.29 is 28.3 Å². The van der Waals surface area contributed by atoms with Crippen molar-refractivity contribution in [3.63, 3.8) is 0 Å². The molecule has 1 aromatic rings. The molecule has 0 spiro atoms. The number of carbonyl (C=O) groups excluding carboxylic acids is 3. The highest BCUT2D eigenvalue weighted by molar-refractivity contribution is 6.74. The predicted molar refractivity (Wildman–Crippen MR) is 179 cm³/mol. The van der Waals surface area contributed by atoms with Crippen molar-refractivity contribution in [1.29, 1.82) is 0 Å². The molecule has 0 aromatic heterocycles. The fourth-order valence-corrected chi connectivity index (χ4v) is 6.59. The number of carbonyl (C=O) groups is 3. The molecule has 1 N–H and O–H groups in total. The van der Waals surface area contributed by atoms with Crippen molar-refractivity contribution in [2.45, 2.75) is 143 Å². The highest BCUT2D eigenvalue weighted by Crippen LogP contribution is 2.38. The number of nitrogens with one attached hydrogen (secondary N) is 1. The van der Waals surface area contributed by atoms with Gasteiger partial charge >= 0.3 is 12.1 Å². The normalized spacial score (nSPS) is 16.2. The highest BCUT2D eigenvalue weighted by Gasteiger charge is 2.43. The average Bonchev–Trinajstić information content (AvgIpc) is 2.89. The summed E-state index contributed by atoms with van der Waals surface area (Å²) in [5.74, 6) is -0.0528. The highest BCUT2D eigenvalue weighted by atomic mass is 28.4. The van der Waals surface area contributed by atoms with Gasteiger partial charge < -0.3 is 24.1 Å². The SMILES string of the molecule is CC(C)CC(=O)N(CC(=O)OCc1ccccc1)C[C@@H](O[Si](C)(C)C(C)(C)C)[C@H](CC1CCCCC1)NC(=O)OC(C)(C)C. The third-order valence-electron chi connectivity index (χ3n) is 8.61. The molecular formula is C35H60N2O6Si. The minimum atomic E-state index is -2.37. The first kappa shape index (κ1) is 37.8. The van der Waals surface area contributed by atoms with Crippen molar-refractivity contribution in [3.05, 3.63) is 35.9 Å². The zero-order chi connectivity index (χ0) is 33.1. The number of ether oxygens (including phenoxy) is 2. The minimum absolute atomic E-state index is 0.103. The topological polar surface area (TPSA) is 94.2 Å². The number of hydrogen-bond acceptors (Lipinski definition) is 6. The van der Waals surface area contributed by atoms with Gasteiger partial charge in [0.05, 0.1) is 12.1 Å². The van der Waals surface area contributed by atoms with E-state index in [4.69, 9.17) is 13.9 Å². The molecular weight excluding hydrogens is 572 g/mol. The van der Waals surface area contributed by atoms with Crippen molar-refractivity contribution in [2.24, 2.45) is 11.8 Å². The fraction of sp³-hybridized carbons (Fsp3) is 0.743. The number of amides is 2. The maximum Gasteiger partial charge on any atom is 0.407 e. The number of nitrogens with zero attached hydrogens (tertiary/aromatic N) is 1. The van der Waals surface area contributed by atoms with Crippen molar-refractivity contribution in [2.75, 3.05) is 13.1 Å². The quantitative estimate of drug-likeness (QED) is 0.166. The van der Waals surface area contributed by atoms with E-state index in [1.165, 1.54) is 19.3 Å². The molecule has 44 heavy (non-hydrogen) atoms. The summed E-state index contributed by atoms with van der Waals surface area (Å²) < 4.78 is 18.4. The van der Waals surface area contributed by atoms with Crippen LogP contribution in [0.5, 0.6) is 0 Å². The first-order chi connectivity index (χ1) is 20.4. The summed E-state index contributed by atoms with van der Waals surface area (Å²) in [5, 5.41) is 3.06. The van der Waals surface area contributed by atoms with Crippen LogP contribution in [0.3, 0.4) is 0 Å². The monoisotopic (exact) mass is 632 g/mol. The largest absolute Gasteiger partial charge is 0.459 e. The van der Waals surface area contributed by atoms with E-state index in [1.54, 1.807) is 4.90 Å². The Morgan fingerprint density at radius 2 is 1.59 bits per heavy atom. The molecule has 8 nitrogen and oxygen atoms in total. The van der Waals surface area contributed by atoms with Gasteiger partial charge in [0.25, 0.3) is 0 Å². The van der Waals surface area contributed by atoms with Crippen LogP contribution < -0.4 is 5.32 Å². The number of alkyl carbamates (subject to hydrolysis) is 1. The van der Waals surface area contributed by atoms with Crippen LogP contribution in [0.25, 0.3) is 0 Å². The van der Waals surface area contributed by atoms with E-state index < -0.39 is 38.1 Å². The lowest BCUT2D eigenvalue weighted by Crippen LogP contribution is -2.57. The van der Waals surface area contributed by atoms with E-state index in [2.05, 4.69) is 39.2 Å². The zero-order valence-electron chi connectivity index (χ0n) is 29.2. The molecule has 0 aliphatic heterocycles. The van der Waals surface area contributed by atoms with Crippen molar-refractivity contribution in [1.82, 2.24) is 10.2 Å². The maximum absolute atomic E-state index is 13.6. The third kappa shape index (κ3) is 13.7. The summed E-state index contributed by atoms with van der Waals surface area (Å²) in [7, 11) is -2.37. The summed E-state index contributed by atoms with van der Waals surface area (Å²) in [5.41, 5.74) is 0.228. The van der Waals surface area contributed by atoms with E-state index in [1.807, 2.05) is 65.0 Å². The molecule has 250 valence electrons. The van der Waals surface area contributed by atoms with E-state index >= 15 is 0 Å². The molecule has 1 aliphatic rings. The van der Waals surface area contributed by atoms with E-state index in [0.717, 1.165) is 24.8 Å². The fourth-order valence-electron chi connectivity index (χ4n) is 5.24. The van der Waals surface area contributed by atoms with Gasteiger partial charge in [0.2, 0.25) is 5.91 Å². The Bertz CT molecular complexity index is 1040. The van der Waals surface area contributed by atoms with Crippen LogP contribution in [-0.4, -0.2) is 62.0 Å². The number of rotatable bonds is 14. The molecule has 2 rings (SSSR count). The van der Waals surface area contributed by atoms with Crippen molar-refractivity contribution in [3.8, 4) is 0 Å². The van der Waals surface area contributed by atoms with Gasteiger partial charge in [-0.3, -0.25) is 9.59 Å². The van der Waals surface area contributed by atoms with Gasteiger partial charge in [-0.1, -0.05) is 97.1 Å². The second-order valence-corrected chi connectivity index (χ2v) is 20.2. The van der Waals surface area contributed by atoms with Crippen LogP contribution in [0.2, 0.25) is 18.1 Å². The van der Waals surface area contributed by atoms with Crippen LogP contribution in [0, 0.1) is 11.8 Å². The van der Waals surface area contributed by atoms with Gasteiger partial charge in [-0.15, -0.1) is 0 Å². The van der Waals surface area contributed by atoms with Crippen LogP contribution in [-0.2, 0) is 30.1 Å². The Balaban J connectivity index is 2.42. The minimum Gasteiger partial charge on any atom is -0.459 e. The molecule has 1 aromatic carbocycles. The van der Waals surface area contributed by atoms with Crippen LogP contribution in [0.4, 0.5) is 4.79 Å². The second kappa shape index (κ2) is 16.8. The van der Waals surface area contributed by atoms with Gasteiger partial charge in [0, 0.05) is 13.0 Å². The summed E-state index contributed by atoms with van der Waals surface area (Å²) >= 11 is 0. The van der Waals surface area contributed by atoms with Gasteiger partial charge in [0.15, 0.2) is 8.32 Å². The summed E-state index contributed by atoms with van der Waals surface area (Å²) in [6, 6.07) is 9.11. The molecule has 0 bridgehead atoms.